The van der Waals surface area contributed by atoms with Crippen LogP contribution in [0, 0.1) is 6.92 Å². The van der Waals surface area contributed by atoms with Gasteiger partial charge >= 0.3 is 0 Å². The van der Waals surface area contributed by atoms with Crippen molar-refractivity contribution in [1.82, 2.24) is 5.32 Å². The van der Waals surface area contributed by atoms with E-state index in [1.165, 1.54) is 0 Å². The van der Waals surface area contributed by atoms with Crippen LogP contribution < -0.4 is 5.32 Å². The molecule has 0 aliphatic heterocycles. The van der Waals surface area contributed by atoms with E-state index in [1.54, 1.807) is 6.07 Å². The summed E-state index contributed by atoms with van der Waals surface area (Å²) in [5, 5.41) is 2.83. The van der Waals surface area contributed by atoms with E-state index in [2.05, 4.69) is 17.9 Å². The standard InChI is InChI=1S/C11H15NOS/c1-7(2)12-11(13)9-5-4-8(3)10(14)6-9/h4-7,14H,1-3H3,(H,12,13). The molecule has 0 saturated carbocycles. The van der Waals surface area contributed by atoms with Gasteiger partial charge in [-0.2, -0.15) is 0 Å². The zero-order valence-corrected chi connectivity index (χ0v) is 9.56. The Morgan fingerprint density at radius 3 is 2.57 bits per heavy atom. The number of carbonyl (C=O) groups excluding carboxylic acids is 1. The van der Waals surface area contributed by atoms with Crippen molar-refractivity contribution < 1.29 is 4.79 Å². The van der Waals surface area contributed by atoms with Crippen molar-refractivity contribution in [3.8, 4) is 0 Å². The molecule has 0 radical (unpaired) electrons. The topological polar surface area (TPSA) is 29.1 Å². The van der Waals surface area contributed by atoms with Gasteiger partial charge in [-0.05, 0) is 38.5 Å². The van der Waals surface area contributed by atoms with Crippen LogP contribution in [0.1, 0.15) is 29.8 Å². The van der Waals surface area contributed by atoms with Crippen LogP contribution in [0.2, 0.25) is 0 Å². The van der Waals surface area contributed by atoms with E-state index in [4.69, 9.17) is 0 Å². The molecule has 2 nitrogen and oxygen atoms in total. The molecule has 0 fully saturated rings. The Morgan fingerprint density at radius 2 is 2.07 bits per heavy atom. The van der Waals surface area contributed by atoms with Crippen LogP contribution in [0.25, 0.3) is 0 Å². The van der Waals surface area contributed by atoms with Gasteiger partial charge < -0.3 is 5.32 Å². The second-order valence-corrected chi connectivity index (χ2v) is 4.11. The monoisotopic (exact) mass is 209 g/mol. The lowest BCUT2D eigenvalue weighted by atomic mass is 10.1. The van der Waals surface area contributed by atoms with Gasteiger partial charge in [-0.25, -0.2) is 0 Å². The molecule has 0 atom stereocenters. The van der Waals surface area contributed by atoms with Crippen LogP contribution in [0.4, 0.5) is 0 Å². The smallest absolute Gasteiger partial charge is 0.251 e. The second-order valence-electron chi connectivity index (χ2n) is 3.63. The van der Waals surface area contributed by atoms with Crippen molar-refractivity contribution in [1.29, 1.82) is 0 Å². The fraction of sp³-hybridized carbons (Fsp3) is 0.364. The maximum absolute atomic E-state index is 11.6. The minimum Gasteiger partial charge on any atom is -0.350 e. The minimum absolute atomic E-state index is 0.0460. The molecule has 0 bridgehead atoms. The van der Waals surface area contributed by atoms with Gasteiger partial charge in [0.15, 0.2) is 0 Å². The van der Waals surface area contributed by atoms with E-state index in [1.807, 2.05) is 32.9 Å². The van der Waals surface area contributed by atoms with Gasteiger partial charge in [0, 0.05) is 16.5 Å². The van der Waals surface area contributed by atoms with Crippen molar-refractivity contribution in [3.63, 3.8) is 0 Å². The third kappa shape index (κ3) is 2.77. The lowest BCUT2D eigenvalue weighted by Crippen LogP contribution is -2.30. The quantitative estimate of drug-likeness (QED) is 0.720. The molecule has 0 heterocycles. The Bertz CT molecular complexity index is 347. The van der Waals surface area contributed by atoms with Crippen molar-refractivity contribution in [2.75, 3.05) is 0 Å². The molecule has 76 valence electrons. The molecule has 0 aliphatic rings. The molecule has 1 rings (SSSR count). The third-order valence-corrected chi connectivity index (χ3v) is 2.37. The molecule has 1 amide bonds. The number of benzene rings is 1. The first-order valence-corrected chi connectivity index (χ1v) is 5.06. The maximum atomic E-state index is 11.6. The number of nitrogens with one attached hydrogen (secondary N) is 1. The van der Waals surface area contributed by atoms with Gasteiger partial charge in [0.2, 0.25) is 0 Å². The van der Waals surface area contributed by atoms with Gasteiger partial charge in [-0.1, -0.05) is 6.07 Å². The normalized spacial score (nSPS) is 10.4. The van der Waals surface area contributed by atoms with Crippen LogP contribution in [-0.4, -0.2) is 11.9 Å². The highest BCUT2D eigenvalue weighted by Crippen LogP contribution is 2.14. The first-order valence-electron chi connectivity index (χ1n) is 4.61. The van der Waals surface area contributed by atoms with Crippen LogP contribution in [0.5, 0.6) is 0 Å². The predicted octanol–water partition coefficient (Wildman–Crippen LogP) is 2.42. The third-order valence-electron chi connectivity index (χ3n) is 1.89. The molecular formula is C11H15NOS. The molecular weight excluding hydrogens is 194 g/mol. The molecule has 0 unspecified atom stereocenters. The average Bonchev–Trinajstić information content (AvgIpc) is 2.08. The summed E-state index contributed by atoms with van der Waals surface area (Å²) >= 11 is 4.27. The number of carbonyl (C=O) groups is 1. The van der Waals surface area contributed by atoms with Crippen LogP contribution in [0.15, 0.2) is 23.1 Å². The molecule has 0 aromatic heterocycles. The number of rotatable bonds is 2. The van der Waals surface area contributed by atoms with E-state index in [0.717, 1.165) is 10.5 Å². The van der Waals surface area contributed by atoms with E-state index in [9.17, 15) is 4.79 Å². The maximum Gasteiger partial charge on any atom is 0.251 e. The summed E-state index contributed by atoms with van der Waals surface area (Å²) < 4.78 is 0. The van der Waals surface area contributed by atoms with Crippen LogP contribution in [0.3, 0.4) is 0 Å². The zero-order chi connectivity index (χ0) is 10.7. The van der Waals surface area contributed by atoms with Crippen molar-refractivity contribution in [2.24, 2.45) is 0 Å². The van der Waals surface area contributed by atoms with Gasteiger partial charge in [-0.3, -0.25) is 4.79 Å². The van der Waals surface area contributed by atoms with Crippen molar-refractivity contribution in [3.05, 3.63) is 29.3 Å². The van der Waals surface area contributed by atoms with Gasteiger partial charge in [0.1, 0.15) is 0 Å². The Labute approximate surface area is 90.1 Å². The fourth-order valence-corrected chi connectivity index (χ4v) is 1.31. The number of hydrogen-bond acceptors (Lipinski definition) is 2. The highest BCUT2D eigenvalue weighted by molar-refractivity contribution is 7.80. The van der Waals surface area contributed by atoms with E-state index in [-0.39, 0.29) is 11.9 Å². The first kappa shape index (κ1) is 11.1. The Morgan fingerprint density at radius 1 is 1.43 bits per heavy atom. The highest BCUT2D eigenvalue weighted by atomic mass is 32.1. The van der Waals surface area contributed by atoms with Gasteiger partial charge in [0.05, 0.1) is 0 Å². The number of aryl methyl sites for hydroxylation is 1. The first-order chi connectivity index (χ1) is 6.50. The minimum atomic E-state index is -0.0460. The molecule has 14 heavy (non-hydrogen) atoms. The summed E-state index contributed by atoms with van der Waals surface area (Å²) in [6.07, 6.45) is 0. The zero-order valence-electron chi connectivity index (χ0n) is 8.66. The number of thiol groups is 1. The molecule has 1 aromatic carbocycles. The van der Waals surface area contributed by atoms with Gasteiger partial charge in [0.25, 0.3) is 5.91 Å². The SMILES string of the molecule is Cc1ccc(C(=O)NC(C)C)cc1S. The summed E-state index contributed by atoms with van der Waals surface area (Å²) in [6.45, 7) is 5.84. The van der Waals surface area contributed by atoms with Crippen LogP contribution in [-0.2, 0) is 0 Å². The molecule has 1 N–H and O–H groups in total. The summed E-state index contributed by atoms with van der Waals surface area (Å²) in [5.41, 5.74) is 1.74. The predicted molar refractivity (Wildman–Crippen MR) is 61.0 cm³/mol. The van der Waals surface area contributed by atoms with E-state index in [0.29, 0.717) is 5.56 Å². The molecule has 1 aromatic rings. The van der Waals surface area contributed by atoms with Crippen molar-refractivity contribution in [2.45, 2.75) is 31.7 Å². The van der Waals surface area contributed by atoms with E-state index >= 15 is 0 Å². The summed E-state index contributed by atoms with van der Waals surface area (Å²) in [7, 11) is 0. The van der Waals surface area contributed by atoms with Crippen molar-refractivity contribution >= 4 is 18.5 Å². The fourth-order valence-electron chi connectivity index (χ4n) is 1.10. The van der Waals surface area contributed by atoms with Crippen LogP contribution >= 0.6 is 12.6 Å². The number of hydrogen-bond donors (Lipinski definition) is 2. The summed E-state index contributed by atoms with van der Waals surface area (Å²) in [5.74, 6) is -0.0460. The summed E-state index contributed by atoms with van der Waals surface area (Å²) in [6, 6.07) is 5.66. The molecule has 0 spiro atoms. The van der Waals surface area contributed by atoms with Gasteiger partial charge in [-0.15, -0.1) is 12.6 Å². The highest BCUT2D eigenvalue weighted by Gasteiger charge is 2.07. The Kier molecular flexibility index (Phi) is 3.58. The lowest BCUT2D eigenvalue weighted by Gasteiger charge is -2.09. The summed E-state index contributed by atoms with van der Waals surface area (Å²) in [4.78, 5) is 12.4. The lowest BCUT2D eigenvalue weighted by molar-refractivity contribution is 0.0943. The molecule has 3 heteroatoms. The number of amides is 1. The molecule has 0 saturated heterocycles. The Hall–Kier alpha value is -0.960. The average molecular weight is 209 g/mol. The largest absolute Gasteiger partial charge is 0.350 e. The molecule has 0 aliphatic carbocycles. The second kappa shape index (κ2) is 4.51. The van der Waals surface area contributed by atoms with E-state index < -0.39 is 0 Å². The Balaban J connectivity index is 2.86.